The average molecular weight is 307 g/mol. The van der Waals surface area contributed by atoms with E-state index < -0.39 is 0 Å². The summed E-state index contributed by atoms with van der Waals surface area (Å²) in [5.41, 5.74) is 8.34. The molecule has 0 fully saturated rings. The Morgan fingerprint density at radius 3 is 2.55 bits per heavy atom. The maximum atomic E-state index is 9.23. The molecule has 0 saturated heterocycles. The largest absolute Gasteiger partial charge is 0.508 e. The molecule has 0 aliphatic rings. The molecule has 2 rings (SSSR count). The third kappa shape index (κ3) is 3.62. The van der Waals surface area contributed by atoms with Crippen LogP contribution in [0.15, 0.2) is 42.5 Å². The smallest absolute Gasteiger partial charge is 0.115 e. The molecule has 0 amide bonds. The van der Waals surface area contributed by atoms with Gasteiger partial charge in [-0.3, -0.25) is 0 Å². The predicted octanol–water partition coefficient (Wildman–Crippen LogP) is 3.33. The van der Waals surface area contributed by atoms with Crippen molar-refractivity contribution in [3.05, 3.63) is 58.6 Å². The van der Waals surface area contributed by atoms with Crippen molar-refractivity contribution >= 4 is 34.5 Å². The zero-order chi connectivity index (χ0) is 14.5. The van der Waals surface area contributed by atoms with Crippen LogP contribution in [0.1, 0.15) is 11.1 Å². The van der Waals surface area contributed by atoms with Crippen LogP contribution in [0.5, 0.6) is 5.75 Å². The van der Waals surface area contributed by atoms with E-state index in [0.717, 1.165) is 24.2 Å². The topological polar surface area (TPSA) is 58.3 Å². The Morgan fingerprint density at radius 2 is 1.90 bits per heavy atom. The fraction of sp³-hybridized carbons (Fsp3) is 0.133. The molecule has 0 heterocycles. The first-order chi connectivity index (χ1) is 9.58. The van der Waals surface area contributed by atoms with Crippen LogP contribution in [0.3, 0.4) is 0 Å². The van der Waals surface area contributed by atoms with E-state index in [0.29, 0.717) is 10.6 Å². The number of aromatic hydroxyl groups is 1. The molecule has 0 radical (unpaired) electrons. The third-order valence-corrected chi connectivity index (χ3v) is 3.44. The summed E-state index contributed by atoms with van der Waals surface area (Å²) in [6, 6.07) is 12.7. The van der Waals surface area contributed by atoms with E-state index in [1.807, 2.05) is 24.3 Å². The molecular weight excluding hydrogens is 292 g/mol. The predicted molar refractivity (Wildman–Crippen MR) is 87.6 cm³/mol. The van der Waals surface area contributed by atoms with Gasteiger partial charge in [0.1, 0.15) is 10.7 Å². The van der Waals surface area contributed by atoms with Crippen molar-refractivity contribution in [3.63, 3.8) is 0 Å². The van der Waals surface area contributed by atoms with Crippen LogP contribution in [0, 0.1) is 0 Å². The number of rotatable bonds is 5. The highest BCUT2D eigenvalue weighted by molar-refractivity contribution is 7.80. The normalized spacial score (nSPS) is 10.2. The molecular formula is C15H15ClN2OS. The monoisotopic (exact) mass is 306 g/mol. The lowest BCUT2D eigenvalue weighted by molar-refractivity contribution is 0.475. The van der Waals surface area contributed by atoms with Gasteiger partial charge in [-0.2, -0.15) is 0 Å². The molecule has 3 nitrogen and oxygen atoms in total. The van der Waals surface area contributed by atoms with E-state index in [9.17, 15) is 5.11 Å². The van der Waals surface area contributed by atoms with Gasteiger partial charge in [-0.1, -0.05) is 42.0 Å². The SMILES string of the molecule is NC(=S)c1c(Cl)cccc1NCCc1ccc(O)cc1. The van der Waals surface area contributed by atoms with Crippen molar-refractivity contribution in [1.82, 2.24) is 0 Å². The molecule has 2 aromatic rings. The summed E-state index contributed by atoms with van der Waals surface area (Å²) in [5.74, 6) is 0.271. The number of phenolic OH excluding ortho intramolecular Hbond substituents is 1. The average Bonchev–Trinajstić information content (AvgIpc) is 2.40. The minimum Gasteiger partial charge on any atom is -0.508 e. The van der Waals surface area contributed by atoms with Crippen LogP contribution in [0.25, 0.3) is 0 Å². The number of hydrogen-bond donors (Lipinski definition) is 3. The minimum absolute atomic E-state index is 0.271. The van der Waals surface area contributed by atoms with Gasteiger partial charge in [0.15, 0.2) is 0 Å². The van der Waals surface area contributed by atoms with Crippen molar-refractivity contribution in [3.8, 4) is 5.75 Å². The number of nitrogens with one attached hydrogen (secondary N) is 1. The van der Waals surface area contributed by atoms with Gasteiger partial charge in [0, 0.05) is 12.2 Å². The number of phenols is 1. The Kier molecular flexibility index (Phi) is 4.82. The summed E-state index contributed by atoms with van der Waals surface area (Å²) >= 11 is 11.1. The first-order valence-electron chi connectivity index (χ1n) is 6.18. The number of halogens is 1. The Bertz CT molecular complexity index is 614. The summed E-state index contributed by atoms with van der Waals surface area (Å²) in [7, 11) is 0. The second kappa shape index (κ2) is 6.59. The van der Waals surface area contributed by atoms with Crippen molar-refractivity contribution < 1.29 is 5.11 Å². The Morgan fingerprint density at radius 1 is 1.20 bits per heavy atom. The molecule has 4 N–H and O–H groups in total. The lowest BCUT2D eigenvalue weighted by Crippen LogP contribution is -2.15. The zero-order valence-corrected chi connectivity index (χ0v) is 12.3. The highest BCUT2D eigenvalue weighted by atomic mass is 35.5. The Hall–Kier alpha value is -1.78. The maximum absolute atomic E-state index is 9.23. The highest BCUT2D eigenvalue weighted by Crippen LogP contribution is 2.24. The van der Waals surface area contributed by atoms with Crippen molar-refractivity contribution in [2.24, 2.45) is 5.73 Å². The Labute approximate surface area is 128 Å². The van der Waals surface area contributed by atoms with E-state index in [1.54, 1.807) is 18.2 Å². The van der Waals surface area contributed by atoms with Gasteiger partial charge in [-0.15, -0.1) is 0 Å². The minimum atomic E-state index is 0.271. The maximum Gasteiger partial charge on any atom is 0.115 e. The number of nitrogens with two attached hydrogens (primary N) is 1. The molecule has 20 heavy (non-hydrogen) atoms. The molecule has 0 spiro atoms. The second-order valence-electron chi connectivity index (χ2n) is 4.37. The lowest BCUT2D eigenvalue weighted by atomic mass is 10.1. The van der Waals surface area contributed by atoms with E-state index in [2.05, 4.69) is 5.32 Å². The van der Waals surface area contributed by atoms with Crippen LogP contribution in [-0.2, 0) is 6.42 Å². The van der Waals surface area contributed by atoms with E-state index in [4.69, 9.17) is 29.6 Å². The Balaban J connectivity index is 2.02. The number of anilines is 1. The zero-order valence-electron chi connectivity index (χ0n) is 10.8. The van der Waals surface area contributed by atoms with Gasteiger partial charge in [-0.05, 0) is 36.2 Å². The van der Waals surface area contributed by atoms with E-state index in [-0.39, 0.29) is 10.7 Å². The number of hydrogen-bond acceptors (Lipinski definition) is 3. The van der Waals surface area contributed by atoms with Gasteiger partial charge in [-0.25, -0.2) is 0 Å². The fourth-order valence-electron chi connectivity index (χ4n) is 1.93. The lowest BCUT2D eigenvalue weighted by Gasteiger charge is -2.12. The van der Waals surface area contributed by atoms with E-state index in [1.165, 1.54) is 0 Å². The van der Waals surface area contributed by atoms with Crippen LogP contribution < -0.4 is 11.1 Å². The van der Waals surface area contributed by atoms with Crippen LogP contribution in [-0.4, -0.2) is 16.6 Å². The molecule has 5 heteroatoms. The van der Waals surface area contributed by atoms with Gasteiger partial charge in [0.05, 0.1) is 10.6 Å². The van der Waals surface area contributed by atoms with Gasteiger partial charge in [0.2, 0.25) is 0 Å². The standard InChI is InChI=1S/C15H15ClN2OS/c16-12-2-1-3-13(14(12)15(17)20)18-9-8-10-4-6-11(19)7-5-10/h1-7,18-19H,8-9H2,(H2,17,20). The number of thiocarbonyl (C=S) groups is 1. The first-order valence-corrected chi connectivity index (χ1v) is 6.96. The van der Waals surface area contributed by atoms with Crippen LogP contribution in [0.4, 0.5) is 5.69 Å². The molecule has 0 aliphatic carbocycles. The molecule has 0 saturated carbocycles. The summed E-state index contributed by atoms with van der Waals surface area (Å²) < 4.78 is 0. The van der Waals surface area contributed by atoms with Gasteiger partial charge in [0.25, 0.3) is 0 Å². The van der Waals surface area contributed by atoms with Gasteiger partial charge >= 0.3 is 0 Å². The summed E-state index contributed by atoms with van der Waals surface area (Å²) in [5, 5.41) is 13.1. The van der Waals surface area contributed by atoms with Crippen molar-refractivity contribution in [1.29, 1.82) is 0 Å². The molecule has 0 bridgehead atoms. The van der Waals surface area contributed by atoms with Gasteiger partial charge < -0.3 is 16.2 Å². The fourth-order valence-corrected chi connectivity index (χ4v) is 2.48. The summed E-state index contributed by atoms with van der Waals surface area (Å²) in [6.45, 7) is 0.723. The van der Waals surface area contributed by atoms with Crippen molar-refractivity contribution in [2.75, 3.05) is 11.9 Å². The third-order valence-electron chi connectivity index (χ3n) is 2.93. The molecule has 104 valence electrons. The number of benzene rings is 2. The first kappa shape index (κ1) is 14.6. The highest BCUT2D eigenvalue weighted by Gasteiger charge is 2.09. The molecule has 0 aromatic heterocycles. The van der Waals surface area contributed by atoms with E-state index >= 15 is 0 Å². The quantitative estimate of drug-likeness (QED) is 0.742. The summed E-state index contributed by atoms with van der Waals surface area (Å²) in [4.78, 5) is 0.280. The molecule has 2 aromatic carbocycles. The van der Waals surface area contributed by atoms with Crippen molar-refractivity contribution in [2.45, 2.75) is 6.42 Å². The molecule has 0 aliphatic heterocycles. The second-order valence-corrected chi connectivity index (χ2v) is 5.22. The molecule has 0 unspecified atom stereocenters. The molecule has 0 atom stereocenters. The van der Waals surface area contributed by atoms with Crippen LogP contribution in [0.2, 0.25) is 5.02 Å². The summed E-state index contributed by atoms with van der Waals surface area (Å²) in [6.07, 6.45) is 0.823. The van der Waals surface area contributed by atoms with Crippen LogP contribution >= 0.6 is 23.8 Å².